The van der Waals surface area contributed by atoms with Crippen LogP contribution in [0.4, 0.5) is 10.1 Å². The van der Waals surface area contributed by atoms with Gasteiger partial charge >= 0.3 is 11.9 Å². The van der Waals surface area contributed by atoms with Crippen LogP contribution in [0.5, 0.6) is 0 Å². The minimum Gasteiger partial charge on any atom is -0.478 e. The summed E-state index contributed by atoms with van der Waals surface area (Å²) in [6.45, 7) is -0.00855. The summed E-state index contributed by atoms with van der Waals surface area (Å²) in [5.41, 5.74) is 1.54. The maximum atomic E-state index is 12.9. The number of carbonyl (C=O) groups is 2. The number of hydrogen-bond acceptors (Lipinski definition) is 4. The fraction of sp³-hybridized carbons (Fsp3) is 0.0625. The Morgan fingerprint density at radius 2 is 1.95 bits per heavy atom. The first-order valence-electron chi connectivity index (χ1n) is 6.42. The SMILES string of the molecule is O=C1OCc2c1ccc(C(=O)O)c2N=Cc1ccc(F)cc1. The van der Waals surface area contributed by atoms with Crippen molar-refractivity contribution in [3.63, 3.8) is 0 Å². The number of nitrogens with zero attached hydrogens (tertiary/aromatic N) is 1. The molecule has 0 saturated heterocycles. The summed E-state index contributed by atoms with van der Waals surface area (Å²) >= 11 is 0. The summed E-state index contributed by atoms with van der Waals surface area (Å²) in [6.07, 6.45) is 1.42. The molecule has 0 bridgehead atoms. The van der Waals surface area contributed by atoms with Gasteiger partial charge in [0.15, 0.2) is 0 Å². The number of benzene rings is 2. The Labute approximate surface area is 124 Å². The van der Waals surface area contributed by atoms with Gasteiger partial charge in [-0.3, -0.25) is 4.99 Å². The molecule has 1 aliphatic heterocycles. The van der Waals surface area contributed by atoms with Gasteiger partial charge in [-0.05, 0) is 29.8 Å². The third-order valence-electron chi connectivity index (χ3n) is 3.29. The lowest BCUT2D eigenvalue weighted by Gasteiger charge is -2.05. The van der Waals surface area contributed by atoms with Crippen molar-refractivity contribution in [1.82, 2.24) is 0 Å². The van der Waals surface area contributed by atoms with Gasteiger partial charge in [-0.25, -0.2) is 14.0 Å². The van der Waals surface area contributed by atoms with Gasteiger partial charge in [-0.1, -0.05) is 12.1 Å². The number of carbonyl (C=O) groups excluding carboxylic acids is 1. The molecule has 0 aromatic heterocycles. The fourth-order valence-corrected chi connectivity index (χ4v) is 2.20. The fourth-order valence-electron chi connectivity index (χ4n) is 2.20. The molecule has 0 unspecified atom stereocenters. The van der Waals surface area contributed by atoms with Gasteiger partial charge in [0, 0.05) is 11.8 Å². The van der Waals surface area contributed by atoms with Crippen LogP contribution in [0.25, 0.3) is 0 Å². The Balaban J connectivity index is 2.07. The number of cyclic esters (lactones) is 1. The lowest BCUT2D eigenvalue weighted by Crippen LogP contribution is -2.01. The van der Waals surface area contributed by atoms with Crippen molar-refractivity contribution in [3.05, 3.63) is 64.5 Å². The Kier molecular flexibility index (Phi) is 3.42. The summed E-state index contributed by atoms with van der Waals surface area (Å²) in [5.74, 6) is -2.01. The van der Waals surface area contributed by atoms with Gasteiger partial charge in [-0.2, -0.15) is 0 Å². The van der Waals surface area contributed by atoms with E-state index in [1.807, 2.05) is 0 Å². The van der Waals surface area contributed by atoms with E-state index in [0.29, 0.717) is 16.7 Å². The predicted octanol–water partition coefficient (Wildman–Crippen LogP) is 2.94. The highest BCUT2D eigenvalue weighted by Crippen LogP contribution is 2.33. The van der Waals surface area contributed by atoms with E-state index in [4.69, 9.17) is 4.74 Å². The van der Waals surface area contributed by atoms with Crippen LogP contribution in [-0.4, -0.2) is 23.3 Å². The molecule has 22 heavy (non-hydrogen) atoms. The summed E-state index contributed by atoms with van der Waals surface area (Å²) in [7, 11) is 0. The molecule has 0 radical (unpaired) electrons. The Morgan fingerprint density at radius 1 is 1.23 bits per heavy atom. The first kappa shape index (κ1) is 13.9. The highest BCUT2D eigenvalue weighted by Gasteiger charge is 2.27. The number of hydrogen-bond donors (Lipinski definition) is 1. The van der Waals surface area contributed by atoms with Crippen molar-refractivity contribution in [2.24, 2.45) is 4.99 Å². The van der Waals surface area contributed by atoms with Crippen LogP contribution < -0.4 is 0 Å². The van der Waals surface area contributed by atoms with Gasteiger partial charge in [0.1, 0.15) is 12.4 Å². The monoisotopic (exact) mass is 299 g/mol. The molecule has 2 aromatic rings. The number of carboxylic acids is 1. The summed E-state index contributed by atoms with van der Waals surface area (Å²) in [6, 6.07) is 8.34. The molecule has 0 atom stereocenters. The Hall–Kier alpha value is -3.02. The van der Waals surface area contributed by atoms with E-state index >= 15 is 0 Å². The summed E-state index contributed by atoms with van der Waals surface area (Å²) < 4.78 is 17.8. The van der Waals surface area contributed by atoms with Crippen molar-refractivity contribution in [3.8, 4) is 0 Å². The maximum absolute atomic E-state index is 12.9. The number of carboxylic acid groups (broad SMARTS) is 1. The third kappa shape index (κ3) is 2.46. The molecule has 0 aliphatic carbocycles. The van der Waals surface area contributed by atoms with Crippen molar-refractivity contribution >= 4 is 23.8 Å². The molecule has 0 spiro atoms. The molecule has 110 valence electrons. The van der Waals surface area contributed by atoms with E-state index in [2.05, 4.69) is 4.99 Å². The largest absolute Gasteiger partial charge is 0.478 e. The van der Waals surface area contributed by atoms with Crippen LogP contribution in [0.2, 0.25) is 0 Å². The van der Waals surface area contributed by atoms with Crippen molar-refractivity contribution in [2.45, 2.75) is 6.61 Å². The first-order chi connectivity index (χ1) is 10.6. The molecule has 3 rings (SSSR count). The molecule has 6 heteroatoms. The normalized spacial score (nSPS) is 13.2. The third-order valence-corrected chi connectivity index (χ3v) is 3.29. The zero-order chi connectivity index (χ0) is 15.7. The zero-order valence-corrected chi connectivity index (χ0v) is 11.2. The van der Waals surface area contributed by atoms with Crippen LogP contribution in [0.1, 0.15) is 31.8 Å². The molecule has 1 heterocycles. The summed E-state index contributed by atoms with van der Waals surface area (Å²) in [5, 5.41) is 9.25. The van der Waals surface area contributed by atoms with Crippen LogP contribution in [-0.2, 0) is 11.3 Å². The Morgan fingerprint density at radius 3 is 2.64 bits per heavy atom. The first-order valence-corrected chi connectivity index (χ1v) is 6.42. The van der Waals surface area contributed by atoms with Gasteiger partial charge in [0.05, 0.1) is 16.8 Å². The van der Waals surface area contributed by atoms with E-state index in [1.165, 1.54) is 42.6 Å². The number of ether oxygens (including phenoxy) is 1. The lowest BCUT2D eigenvalue weighted by molar-refractivity contribution is 0.0535. The number of aliphatic imine (C=N–C) groups is 1. The van der Waals surface area contributed by atoms with Gasteiger partial charge in [-0.15, -0.1) is 0 Å². The molecule has 5 nitrogen and oxygen atoms in total. The maximum Gasteiger partial charge on any atom is 0.338 e. The summed E-state index contributed by atoms with van der Waals surface area (Å²) in [4.78, 5) is 27.0. The van der Waals surface area contributed by atoms with Crippen molar-refractivity contribution in [2.75, 3.05) is 0 Å². The van der Waals surface area contributed by atoms with E-state index in [9.17, 15) is 19.1 Å². The second-order valence-electron chi connectivity index (χ2n) is 4.68. The zero-order valence-electron chi connectivity index (χ0n) is 11.2. The second-order valence-corrected chi connectivity index (χ2v) is 4.68. The predicted molar refractivity (Wildman–Crippen MR) is 76.2 cm³/mol. The van der Waals surface area contributed by atoms with Crippen molar-refractivity contribution < 1.29 is 23.8 Å². The molecule has 1 aliphatic rings. The Bertz CT molecular complexity index is 797. The van der Waals surface area contributed by atoms with Gasteiger partial charge in [0.25, 0.3) is 0 Å². The van der Waals surface area contributed by atoms with Crippen LogP contribution in [0.3, 0.4) is 0 Å². The average molecular weight is 299 g/mol. The van der Waals surface area contributed by atoms with E-state index in [0.717, 1.165) is 0 Å². The molecular formula is C16H10FNO4. The molecule has 0 fully saturated rings. The smallest absolute Gasteiger partial charge is 0.338 e. The molecular weight excluding hydrogens is 289 g/mol. The number of halogens is 1. The van der Waals surface area contributed by atoms with E-state index in [1.54, 1.807) is 0 Å². The van der Waals surface area contributed by atoms with Gasteiger partial charge in [0.2, 0.25) is 0 Å². The molecule has 1 N–H and O–H groups in total. The quantitative estimate of drug-likeness (QED) is 0.698. The highest BCUT2D eigenvalue weighted by molar-refractivity contribution is 6.02. The average Bonchev–Trinajstić information content (AvgIpc) is 2.88. The molecule has 2 aromatic carbocycles. The van der Waals surface area contributed by atoms with Crippen LogP contribution >= 0.6 is 0 Å². The number of esters is 1. The van der Waals surface area contributed by atoms with E-state index < -0.39 is 11.9 Å². The molecule has 0 saturated carbocycles. The number of fused-ring (bicyclic) bond motifs is 1. The lowest BCUT2D eigenvalue weighted by atomic mass is 10.0. The van der Waals surface area contributed by atoms with E-state index in [-0.39, 0.29) is 23.7 Å². The minimum absolute atomic E-state index is 0.00855. The number of aromatic carboxylic acids is 1. The van der Waals surface area contributed by atoms with Crippen molar-refractivity contribution in [1.29, 1.82) is 0 Å². The minimum atomic E-state index is -1.14. The second kappa shape index (κ2) is 5.40. The van der Waals surface area contributed by atoms with Crippen LogP contribution in [0, 0.1) is 5.82 Å². The standard InChI is InChI=1S/C16H10FNO4/c17-10-3-1-9(2-4-10)7-18-14-12(15(19)20)6-5-11-13(14)8-22-16(11)21/h1-7H,8H2,(H,19,20). The number of rotatable bonds is 3. The highest BCUT2D eigenvalue weighted by atomic mass is 19.1. The van der Waals surface area contributed by atoms with Crippen LogP contribution in [0.15, 0.2) is 41.4 Å². The molecule has 0 amide bonds. The topological polar surface area (TPSA) is 76.0 Å². The van der Waals surface area contributed by atoms with Gasteiger partial charge < -0.3 is 9.84 Å².